The van der Waals surface area contributed by atoms with Crippen molar-refractivity contribution in [2.75, 3.05) is 20.8 Å². The molecule has 5 nitrogen and oxygen atoms in total. The fourth-order valence-corrected chi connectivity index (χ4v) is 3.11. The Hall–Kier alpha value is -1.07. The van der Waals surface area contributed by atoms with Crippen LogP contribution in [-0.2, 0) is 4.74 Å². The highest BCUT2D eigenvalue weighted by Crippen LogP contribution is 2.40. The highest BCUT2D eigenvalue weighted by Gasteiger charge is 2.40. The first-order chi connectivity index (χ1) is 9.53. The Morgan fingerprint density at radius 1 is 1.45 bits per heavy atom. The third kappa shape index (κ3) is 2.69. The zero-order chi connectivity index (χ0) is 14.8. The number of nitrogens with one attached hydrogen (secondary N) is 1. The van der Waals surface area contributed by atoms with Gasteiger partial charge in [0.1, 0.15) is 5.69 Å². The molecule has 0 amide bonds. The third-order valence-corrected chi connectivity index (χ3v) is 4.18. The fourth-order valence-electron chi connectivity index (χ4n) is 3.11. The van der Waals surface area contributed by atoms with Crippen LogP contribution < -0.4 is 10.1 Å². The highest BCUT2D eigenvalue weighted by molar-refractivity contribution is 5.31. The van der Waals surface area contributed by atoms with E-state index < -0.39 is 0 Å². The molecule has 1 aromatic heterocycles. The average Bonchev–Trinajstić information content (AvgIpc) is 2.84. The molecular weight excluding hydrogens is 254 g/mol. The molecule has 2 rings (SSSR count). The van der Waals surface area contributed by atoms with Gasteiger partial charge in [0.15, 0.2) is 5.75 Å². The van der Waals surface area contributed by atoms with Gasteiger partial charge in [0, 0.05) is 12.6 Å². The second-order valence-corrected chi connectivity index (χ2v) is 5.98. The SMILES string of the molecule is CNC(c1c(OC)cnn1C(C)C)C1(C)CCCCO1. The molecule has 1 aliphatic rings. The van der Waals surface area contributed by atoms with Gasteiger partial charge in [0.05, 0.1) is 24.9 Å². The standard InChI is InChI=1S/C15H27N3O2/c1-11(2)18-13(12(19-5)10-17-18)14(16-4)15(3)8-6-7-9-20-15/h10-11,14,16H,6-9H2,1-5H3. The first-order valence-electron chi connectivity index (χ1n) is 7.46. The molecule has 1 fully saturated rings. The van der Waals surface area contributed by atoms with Crippen molar-refractivity contribution in [3.63, 3.8) is 0 Å². The molecule has 0 aliphatic carbocycles. The Morgan fingerprint density at radius 3 is 2.70 bits per heavy atom. The van der Waals surface area contributed by atoms with Gasteiger partial charge in [0.2, 0.25) is 0 Å². The highest BCUT2D eigenvalue weighted by atomic mass is 16.5. The summed E-state index contributed by atoms with van der Waals surface area (Å²) in [5.74, 6) is 0.827. The minimum absolute atomic E-state index is 0.0719. The second kappa shape index (κ2) is 6.14. The van der Waals surface area contributed by atoms with Crippen molar-refractivity contribution in [3.05, 3.63) is 11.9 Å². The van der Waals surface area contributed by atoms with E-state index in [9.17, 15) is 0 Å². The molecule has 0 bridgehead atoms. The summed E-state index contributed by atoms with van der Waals surface area (Å²) in [4.78, 5) is 0. The molecule has 5 heteroatoms. The van der Waals surface area contributed by atoms with Crippen LogP contribution in [0.1, 0.15) is 57.8 Å². The van der Waals surface area contributed by atoms with Crippen LogP contribution in [0.2, 0.25) is 0 Å². The Kier molecular flexibility index (Phi) is 4.70. The molecule has 20 heavy (non-hydrogen) atoms. The van der Waals surface area contributed by atoms with Crippen LogP contribution in [0.25, 0.3) is 0 Å². The van der Waals surface area contributed by atoms with E-state index in [-0.39, 0.29) is 17.7 Å². The van der Waals surface area contributed by atoms with Gasteiger partial charge < -0.3 is 14.8 Å². The third-order valence-electron chi connectivity index (χ3n) is 4.18. The van der Waals surface area contributed by atoms with E-state index in [2.05, 4.69) is 31.2 Å². The Labute approximate surface area is 121 Å². The lowest BCUT2D eigenvalue weighted by Gasteiger charge is -2.41. The van der Waals surface area contributed by atoms with Crippen molar-refractivity contribution >= 4 is 0 Å². The second-order valence-electron chi connectivity index (χ2n) is 5.98. The summed E-state index contributed by atoms with van der Waals surface area (Å²) in [6, 6.07) is 0.361. The topological polar surface area (TPSA) is 48.3 Å². The predicted octanol–water partition coefficient (Wildman–Crippen LogP) is 2.69. The van der Waals surface area contributed by atoms with Crippen molar-refractivity contribution in [2.24, 2.45) is 0 Å². The number of likely N-dealkylation sites (N-methyl/N-ethyl adjacent to an activating group) is 1. The van der Waals surface area contributed by atoms with Crippen LogP contribution in [0.5, 0.6) is 5.75 Å². The summed E-state index contributed by atoms with van der Waals surface area (Å²) in [6.07, 6.45) is 5.19. The lowest BCUT2D eigenvalue weighted by atomic mass is 9.86. The van der Waals surface area contributed by atoms with Gasteiger partial charge in [-0.1, -0.05) is 0 Å². The van der Waals surface area contributed by atoms with E-state index in [1.54, 1.807) is 13.3 Å². The van der Waals surface area contributed by atoms with E-state index in [0.29, 0.717) is 0 Å². The normalized spacial score (nSPS) is 24.9. The molecule has 0 aromatic carbocycles. The van der Waals surface area contributed by atoms with Crippen LogP contribution in [0.15, 0.2) is 6.20 Å². The quantitative estimate of drug-likeness (QED) is 0.901. The summed E-state index contributed by atoms with van der Waals surface area (Å²) >= 11 is 0. The van der Waals surface area contributed by atoms with E-state index in [1.807, 2.05) is 11.7 Å². The molecule has 1 aliphatic heterocycles. The molecule has 2 heterocycles. The van der Waals surface area contributed by atoms with Crippen LogP contribution in [0.3, 0.4) is 0 Å². The van der Waals surface area contributed by atoms with Gasteiger partial charge in [-0.3, -0.25) is 4.68 Å². The number of methoxy groups -OCH3 is 1. The Balaban J connectivity index is 2.42. The first-order valence-corrected chi connectivity index (χ1v) is 7.46. The molecule has 0 saturated carbocycles. The van der Waals surface area contributed by atoms with E-state index >= 15 is 0 Å². The number of rotatable bonds is 5. The zero-order valence-corrected chi connectivity index (χ0v) is 13.3. The van der Waals surface area contributed by atoms with Crippen molar-refractivity contribution in [1.29, 1.82) is 0 Å². The molecule has 2 atom stereocenters. The van der Waals surface area contributed by atoms with E-state index in [0.717, 1.165) is 30.9 Å². The molecule has 0 radical (unpaired) electrons. The molecule has 1 aromatic rings. The molecule has 2 unspecified atom stereocenters. The summed E-state index contributed by atoms with van der Waals surface area (Å²) in [5.41, 5.74) is 0.863. The smallest absolute Gasteiger partial charge is 0.161 e. The average molecular weight is 281 g/mol. The number of nitrogens with zero attached hydrogens (tertiary/aromatic N) is 2. The molecule has 1 N–H and O–H groups in total. The fraction of sp³-hybridized carbons (Fsp3) is 0.800. The Morgan fingerprint density at radius 2 is 2.20 bits per heavy atom. The van der Waals surface area contributed by atoms with Crippen LogP contribution in [0.4, 0.5) is 0 Å². The van der Waals surface area contributed by atoms with Gasteiger partial charge in [-0.25, -0.2) is 0 Å². The van der Waals surface area contributed by atoms with Crippen LogP contribution in [0, 0.1) is 0 Å². The zero-order valence-electron chi connectivity index (χ0n) is 13.3. The van der Waals surface area contributed by atoms with Crippen LogP contribution in [-0.4, -0.2) is 36.1 Å². The molecular formula is C15H27N3O2. The van der Waals surface area contributed by atoms with Gasteiger partial charge in [-0.05, 0) is 47.1 Å². The maximum Gasteiger partial charge on any atom is 0.161 e. The maximum absolute atomic E-state index is 6.12. The summed E-state index contributed by atoms with van der Waals surface area (Å²) in [5, 5.41) is 7.90. The lowest BCUT2D eigenvalue weighted by Crippen LogP contribution is -2.46. The minimum Gasteiger partial charge on any atom is -0.493 e. The summed E-state index contributed by atoms with van der Waals surface area (Å²) < 4.78 is 13.7. The predicted molar refractivity (Wildman–Crippen MR) is 79.2 cm³/mol. The number of aromatic nitrogens is 2. The van der Waals surface area contributed by atoms with Crippen LogP contribution >= 0.6 is 0 Å². The lowest BCUT2D eigenvalue weighted by molar-refractivity contribution is -0.0904. The largest absolute Gasteiger partial charge is 0.493 e. The van der Waals surface area contributed by atoms with Gasteiger partial charge in [-0.15, -0.1) is 0 Å². The first kappa shape index (κ1) is 15.3. The van der Waals surface area contributed by atoms with E-state index in [1.165, 1.54) is 6.42 Å². The van der Waals surface area contributed by atoms with Gasteiger partial charge in [0.25, 0.3) is 0 Å². The number of hydrogen-bond acceptors (Lipinski definition) is 4. The number of ether oxygens (including phenoxy) is 2. The monoisotopic (exact) mass is 281 g/mol. The van der Waals surface area contributed by atoms with Gasteiger partial charge >= 0.3 is 0 Å². The van der Waals surface area contributed by atoms with E-state index in [4.69, 9.17) is 9.47 Å². The maximum atomic E-state index is 6.12. The van der Waals surface area contributed by atoms with Crippen molar-refractivity contribution in [2.45, 2.75) is 57.7 Å². The minimum atomic E-state index is -0.215. The van der Waals surface area contributed by atoms with Crippen molar-refractivity contribution < 1.29 is 9.47 Å². The molecule has 0 spiro atoms. The molecule has 1 saturated heterocycles. The Bertz CT molecular complexity index is 436. The summed E-state index contributed by atoms with van der Waals surface area (Å²) in [7, 11) is 3.67. The van der Waals surface area contributed by atoms with Crippen molar-refractivity contribution in [3.8, 4) is 5.75 Å². The summed E-state index contributed by atoms with van der Waals surface area (Å²) in [6.45, 7) is 7.27. The van der Waals surface area contributed by atoms with Crippen molar-refractivity contribution in [1.82, 2.24) is 15.1 Å². The molecule has 114 valence electrons. The number of hydrogen-bond donors (Lipinski definition) is 1. The van der Waals surface area contributed by atoms with Gasteiger partial charge in [-0.2, -0.15) is 5.10 Å².